The smallest absolute Gasteiger partial charge is 0.323 e. The Morgan fingerprint density at radius 3 is 2.04 bits per heavy atom. The van der Waals surface area contributed by atoms with Crippen LogP contribution in [0.15, 0.2) is 73.1 Å². The number of rotatable bonds is 5. The maximum Gasteiger partial charge on any atom is 0.323 e. The number of hydrogen-bond acceptors (Lipinski definition) is 3. The summed E-state index contributed by atoms with van der Waals surface area (Å²) in [6.45, 7) is 4.43. The minimum atomic E-state index is -0.255. The largest absolute Gasteiger partial charge is 0.379 e. The molecular weight excluding hydrogens is 352 g/mol. The van der Waals surface area contributed by atoms with E-state index in [-0.39, 0.29) is 6.03 Å². The lowest BCUT2D eigenvalue weighted by Gasteiger charge is -2.26. The molecule has 0 bridgehead atoms. The van der Waals surface area contributed by atoms with Crippen molar-refractivity contribution in [2.45, 2.75) is 6.54 Å². The van der Waals surface area contributed by atoms with Crippen molar-refractivity contribution in [1.82, 2.24) is 9.47 Å². The average Bonchev–Trinajstić information content (AvgIpc) is 3.26. The summed E-state index contributed by atoms with van der Waals surface area (Å²) < 4.78 is 7.39. The van der Waals surface area contributed by atoms with Crippen LogP contribution in [0, 0.1) is 0 Å². The second-order valence-electron chi connectivity index (χ2n) is 6.80. The molecule has 0 unspecified atom stereocenters. The third-order valence-electron chi connectivity index (χ3n) is 4.75. The molecular formula is C22H24N4O2. The van der Waals surface area contributed by atoms with E-state index in [0.717, 1.165) is 49.9 Å². The Morgan fingerprint density at radius 1 is 0.857 bits per heavy atom. The van der Waals surface area contributed by atoms with Crippen molar-refractivity contribution >= 4 is 17.4 Å². The molecule has 0 radical (unpaired) electrons. The van der Waals surface area contributed by atoms with E-state index in [1.807, 2.05) is 65.5 Å². The lowest BCUT2D eigenvalue weighted by Crippen LogP contribution is -2.35. The zero-order chi connectivity index (χ0) is 19.2. The molecule has 144 valence electrons. The van der Waals surface area contributed by atoms with Crippen LogP contribution in [0.25, 0.3) is 5.69 Å². The molecule has 1 fully saturated rings. The molecule has 3 aromatic rings. The van der Waals surface area contributed by atoms with Crippen LogP contribution in [0.3, 0.4) is 0 Å². The van der Waals surface area contributed by atoms with Crippen LogP contribution in [0.4, 0.5) is 16.2 Å². The predicted octanol–water partition coefficient (Wildman–Crippen LogP) is 3.95. The summed E-state index contributed by atoms with van der Waals surface area (Å²) in [5.41, 5.74) is 3.80. The quantitative estimate of drug-likeness (QED) is 0.709. The summed E-state index contributed by atoms with van der Waals surface area (Å²) in [5, 5.41) is 5.74. The molecule has 1 aliphatic rings. The monoisotopic (exact) mass is 376 g/mol. The van der Waals surface area contributed by atoms with Gasteiger partial charge in [0.25, 0.3) is 0 Å². The molecule has 2 N–H and O–H groups in total. The second-order valence-corrected chi connectivity index (χ2v) is 6.80. The fourth-order valence-electron chi connectivity index (χ4n) is 3.23. The molecule has 0 saturated carbocycles. The maximum absolute atomic E-state index is 12.2. The highest BCUT2D eigenvalue weighted by Crippen LogP contribution is 2.15. The van der Waals surface area contributed by atoms with Crippen molar-refractivity contribution < 1.29 is 9.53 Å². The zero-order valence-corrected chi connectivity index (χ0v) is 15.7. The first-order valence-corrected chi connectivity index (χ1v) is 9.47. The normalized spacial score (nSPS) is 14.6. The van der Waals surface area contributed by atoms with Crippen LogP contribution in [0.5, 0.6) is 0 Å². The number of carbonyl (C=O) groups is 1. The Hall–Kier alpha value is -3.09. The first-order chi connectivity index (χ1) is 13.8. The number of aromatic nitrogens is 1. The van der Waals surface area contributed by atoms with Crippen molar-refractivity contribution in [2.75, 3.05) is 36.9 Å². The van der Waals surface area contributed by atoms with Crippen LogP contribution < -0.4 is 10.6 Å². The summed E-state index contributed by atoms with van der Waals surface area (Å²) in [6.07, 6.45) is 3.97. The van der Waals surface area contributed by atoms with Crippen molar-refractivity contribution in [3.8, 4) is 5.69 Å². The standard InChI is InChI=1S/C22H24N4O2/c27-22(24-20-7-9-21(10-8-20)26-11-1-2-12-26)23-19-5-3-18(4-6-19)17-25-13-15-28-16-14-25/h1-12H,13-17H2,(H2,23,24,27). The van der Waals surface area contributed by atoms with E-state index in [1.165, 1.54) is 5.56 Å². The average molecular weight is 376 g/mol. The van der Waals surface area contributed by atoms with Crippen LogP contribution in [-0.4, -0.2) is 41.8 Å². The van der Waals surface area contributed by atoms with Gasteiger partial charge in [-0.2, -0.15) is 0 Å². The number of amides is 2. The Morgan fingerprint density at radius 2 is 1.43 bits per heavy atom. The zero-order valence-electron chi connectivity index (χ0n) is 15.7. The van der Waals surface area contributed by atoms with Gasteiger partial charge in [0, 0.05) is 49.1 Å². The minimum absolute atomic E-state index is 0.255. The van der Waals surface area contributed by atoms with E-state index < -0.39 is 0 Å². The Bertz CT molecular complexity index is 883. The van der Waals surface area contributed by atoms with Crippen molar-refractivity contribution in [1.29, 1.82) is 0 Å². The summed E-state index contributed by atoms with van der Waals surface area (Å²) in [6, 6.07) is 19.4. The fourth-order valence-corrected chi connectivity index (χ4v) is 3.23. The van der Waals surface area contributed by atoms with Gasteiger partial charge in [-0.1, -0.05) is 12.1 Å². The van der Waals surface area contributed by atoms with Crippen molar-refractivity contribution in [3.63, 3.8) is 0 Å². The Balaban J connectivity index is 1.29. The number of ether oxygens (including phenoxy) is 1. The topological polar surface area (TPSA) is 58.5 Å². The number of nitrogens with zero attached hydrogens (tertiary/aromatic N) is 2. The Labute approximate surface area is 164 Å². The number of morpholine rings is 1. The van der Waals surface area contributed by atoms with Crippen LogP contribution >= 0.6 is 0 Å². The van der Waals surface area contributed by atoms with Gasteiger partial charge >= 0.3 is 6.03 Å². The van der Waals surface area contributed by atoms with E-state index in [2.05, 4.69) is 27.7 Å². The third-order valence-corrected chi connectivity index (χ3v) is 4.75. The van der Waals surface area contributed by atoms with E-state index in [9.17, 15) is 4.79 Å². The molecule has 0 atom stereocenters. The second kappa shape index (κ2) is 8.73. The highest BCUT2D eigenvalue weighted by atomic mass is 16.5. The third kappa shape index (κ3) is 4.79. The highest BCUT2D eigenvalue weighted by Gasteiger charge is 2.10. The molecule has 6 nitrogen and oxygen atoms in total. The summed E-state index contributed by atoms with van der Waals surface area (Å²) in [5.74, 6) is 0. The van der Waals surface area contributed by atoms with Crippen molar-refractivity contribution in [3.05, 3.63) is 78.6 Å². The van der Waals surface area contributed by atoms with Gasteiger partial charge in [0.2, 0.25) is 0 Å². The van der Waals surface area contributed by atoms with Gasteiger partial charge in [0.05, 0.1) is 13.2 Å². The number of benzene rings is 2. The molecule has 4 rings (SSSR count). The van der Waals surface area contributed by atoms with Gasteiger partial charge in [-0.3, -0.25) is 4.90 Å². The van der Waals surface area contributed by atoms with Gasteiger partial charge in [-0.05, 0) is 54.1 Å². The maximum atomic E-state index is 12.2. The molecule has 1 saturated heterocycles. The van der Waals surface area contributed by atoms with Gasteiger partial charge in [-0.25, -0.2) is 4.79 Å². The lowest BCUT2D eigenvalue weighted by atomic mass is 10.2. The van der Waals surface area contributed by atoms with Crippen molar-refractivity contribution in [2.24, 2.45) is 0 Å². The molecule has 0 spiro atoms. The molecule has 2 amide bonds. The van der Waals surface area contributed by atoms with Crippen LogP contribution in [0.1, 0.15) is 5.56 Å². The molecule has 6 heteroatoms. The molecule has 2 heterocycles. The van der Waals surface area contributed by atoms with E-state index in [0.29, 0.717) is 0 Å². The van der Waals surface area contributed by atoms with Gasteiger partial charge in [-0.15, -0.1) is 0 Å². The predicted molar refractivity (Wildman–Crippen MR) is 111 cm³/mol. The van der Waals surface area contributed by atoms with E-state index in [1.54, 1.807) is 0 Å². The van der Waals surface area contributed by atoms with Gasteiger partial charge in [0.15, 0.2) is 0 Å². The molecule has 1 aliphatic heterocycles. The highest BCUT2D eigenvalue weighted by molar-refractivity contribution is 5.99. The SMILES string of the molecule is O=C(Nc1ccc(CN2CCOCC2)cc1)Nc1ccc(-n2cccc2)cc1. The number of urea groups is 1. The Kier molecular flexibility index (Phi) is 5.70. The molecule has 2 aromatic carbocycles. The number of hydrogen-bond donors (Lipinski definition) is 2. The minimum Gasteiger partial charge on any atom is -0.379 e. The first kappa shape index (κ1) is 18.3. The summed E-state index contributed by atoms with van der Waals surface area (Å²) in [7, 11) is 0. The fraction of sp³-hybridized carbons (Fsp3) is 0.227. The number of carbonyl (C=O) groups excluding carboxylic acids is 1. The molecule has 28 heavy (non-hydrogen) atoms. The van der Waals surface area contributed by atoms with Crippen LogP contribution in [0.2, 0.25) is 0 Å². The van der Waals surface area contributed by atoms with Crippen LogP contribution in [-0.2, 0) is 11.3 Å². The summed E-state index contributed by atoms with van der Waals surface area (Å²) >= 11 is 0. The molecule has 0 aliphatic carbocycles. The number of anilines is 2. The number of nitrogens with one attached hydrogen (secondary N) is 2. The van der Waals surface area contributed by atoms with Gasteiger partial charge < -0.3 is 19.9 Å². The lowest BCUT2D eigenvalue weighted by molar-refractivity contribution is 0.0342. The first-order valence-electron chi connectivity index (χ1n) is 9.47. The summed E-state index contributed by atoms with van der Waals surface area (Å²) in [4.78, 5) is 14.6. The van der Waals surface area contributed by atoms with E-state index >= 15 is 0 Å². The molecule has 1 aromatic heterocycles. The van der Waals surface area contributed by atoms with Gasteiger partial charge in [0.1, 0.15) is 0 Å². The van der Waals surface area contributed by atoms with E-state index in [4.69, 9.17) is 4.74 Å².